The monoisotopic (exact) mass is 627 g/mol. The minimum atomic E-state index is -3.94. The summed E-state index contributed by atoms with van der Waals surface area (Å²) in [5.41, 5.74) is -0.797. The van der Waals surface area contributed by atoms with E-state index < -0.39 is 37.2 Å². The third-order valence-electron chi connectivity index (χ3n) is 7.06. The summed E-state index contributed by atoms with van der Waals surface area (Å²) in [5, 5.41) is 25.1. The van der Waals surface area contributed by atoms with Gasteiger partial charge in [0.25, 0.3) is 0 Å². The van der Waals surface area contributed by atoms with Crippen molar-refractivity contribution >= 4 is 47.4 Å². The van der Waals surface area contributed by atoms with Crippen LogP contribution in [0.15, 0.2) is 43.0 Å². The topological polar surface area (TPSA) is 158 Å². The predicted octanol–water partition coefficient (Wildman–Crippen LogP) is 4.12. The van der Waals surface area contributed by atoms with Gasteiger partial charge in [0.1, 0.15) is 29.7 Å². The van der Waals surface area contributed by atoms with E-state index >= 15 is 0 Å². The number of nitrogens with one attached hydrogen (secondary N) is 1. The van der Waals surface area contributed by atoms with Crippen molar-refractivity contribution in [3.63, 3.8) is 0 Å². The number of aromatic nitrogens is 4. The smallest absolute Gasteiger partial charge is 0.387 e. The van der Waals surface area contributed by atoms with Crippen LogP contribution in [0.4, 0.5) is 0 Å². The molecule has 0 spiro atoms. The summed E-state index contributed by atoms with van der Waals surface area (Å²) in [7, 11) is -3.94. The number of nitrogens with zero attached hydrogens (tertiary/aromatic N) is 4. The van der Waals surface area contributed by atoms with Gasteiger partial charge in [-0.15, -0.1) is 0 Å². The van der Waals surface area contributed by atoms with Crippen LogP contribution in [0, 0.1) is 5.41 Å². The van der Waals surface area contributed by atoms with Crippen LogP contribution in [-0.2, 0) is 29.7 Å². The average molecular weight is 628 g/mol. The van der Waals surface area contributed by atoms with Gasteiger partial charge in [-0.05, 0) is 18.9 Å². The van der Waals surface area contributed by atoms with Crippen molar-refractivity contribution in [3.05, 3.63) is 53.7 Å². The molecule has 0 saturated carbocycles. The van der Waals surface area contributed by atoms with Crippen molar-refractivity contribution < 1.29 is 33.4 Å². The Morgan fingerprint density at radius 1 is 1.27 bits per heavy atom. The number of halogens is 1. The van der Waals surface area contributed by atoms with Crippen LogP contribution in [-0.4, -0.2) is 71.6 Å². The molecule has 0 aliphatic carbocycles. The lowest BCUT2D eigenvalue weighted by Gasteiger charge is -2.27. The van der Waals surface area contributed by atoms with Gasteiger partial charge >= 0.3 is 7.75 Å². The van der Waals surface area contributed by atoms with E-state index in [4.69, 9.17) is 25.4 Å². The third kappa shape index (κ3) is 7.35. The lowest BCUT2D eigenvalue weighted by Crippen LogP contribution is -2.44. The maximum absolute atomic E-state index is 13.7. The molecule has 2 aromatic heterocycles. The van der Waals surface area contributed by atoms with E-state index in [1.54, 1.807) is 0 Å². The Balaban J connectivity index is 1.44. The van der Waals surface area contributed by atoms with E-state index in [1.165, 1.54) is 24.1 Å². The number of rotatable bonds is 13. The summed E-state index contributed by atoms with van der Waals surface area (Å²) >= 11 is 7.22. The van der Waals surface area contributed by atoms with Crippen LogP contribution in [0.25, 0.3) is 11.2 Å². The highest BCUT2D eigenvalue weighted by Gasteiger charge is 2.54. The Labute approximate surface area is 247 Å². The SMILES string of the molecule is CCC(C)(C)C(=O)SCCOP(=O)(NCc1ccccc1)OC[C@H]1OC(n2cnc3c(Cl)ncnc32)[C@@](C)(O)C1O. The van der Waals surface area contributed by atoms with Gasteiger partial charge in [0.05, 0.1) is 19.5 Å². The highest BCUT2D eigenvalue weighted by molar-refractivity contribution is 8.13. The second-order valence-electron chi connectivity index (χ2n) is 10.5. The van der Waals surface area contributed by atoms with E-state index in [9.17, 15) is 19.6 Å². The summed E-state index contributed by atoms with van der Waals surface area (Å²) in [6.45, 7) is 6.90. The van der Waals surface area contributed by atoms with E-state index in [0.717, 1.165) is 17.3 Å². The highest BCUT2D eigenvalue weighted by Crippen LogP contribution is 2.47. The van der Waals surface area contributed by atoms with Gasteiger partial charge in [-0.25, -0.2) is 24.6 Å². The largest absolute Gasteiger partial charge is 0.405 e. The molecule has 0 amide bonds. The molecule has 224 valence electrons. The molecule has 1 aliphatic heterocycles. The first-order valence-electron chi connectivity index (χ1n) is 13.1. The van der Waals surface area contributed by atoms with Crippen molar-refractivity contribution in [2.24, 2.45) is 5.41 Å². The number of hydrogen-bond donors (Lipinski definition) is 3. The Hall–Kier alpha value is -1.93. The number of benzene rings is 1. The first-order valence-corrected chi connectivity index (χ1v) is 16.0. The summed E-state index contributed by atoms with van der Waals surface area (Å²) in [6.07, 6.45) is -0.276. The molecule has 15 heteroatoms. The number of carbonyl (C=O) groups is 1. The standard InChI is InChI=1S/C26H35ClN5O7PS/c1-5-25(2,3)24(34)41-12-11-37-40(36,31-13-17-9-7-6-8-10-17)38-14-18-20(33)26(4,35)23(39-18)32-16-30-19-21(27)28-15-29-22(19)32/h6-10,15-16,18,20,23,33,35H,5,11-14H2,1-4H3,(H,31,36)/t18-,20?,23?,26+,40?/m1/s1. The zero-order valence-electron chi connectivity index (χ0n) is 23.3. The van der Waals surface area contributed by atoms with Gasteiger partial charge < -0.3 is 14.9 Å². The molecule has 0 radical (unpaired) electrons. The van der Waals surface area contributed by atoms with Crippen LogP contribution < -0.4 is 5.09 Å². The Morgan fingerprint density at radius 2 is 2.00 bits per heavy atom. The van der Waals surface area contributed by atoms with E-state index in [0.29, 0.717) is 17.6 Å². The summed E-state index contributed by atoms with van der Waals surface area (Å²) in [6, 6.07) is 9.28. The number of carbonyl (C=O) groups excluding carboxylic acids is 1. The van der Waals surface area contributed by atoms with Crippen molar-refractivity contribution in [1.82, 2.24) is 24.6 Å². The summed E-state index contributed by atoms with van der Waals surface area (Å²) < 4.78 is 32.6. The Bertz CT molecular complexity index is 1390. The van der Waals surface area contributed by atoms with Crippen LogP contribution in [0.2, 0.25) is 5.15 Å². The molecule has 1 saturated heterocycles. The fourth-order valence-corrected chi connectivity index (χ4v) is 6.58. The zero-order valence-corrected chi connectivity index (χ0v) is 25.7. The van der Waals surface area contributed by atoms with Gasteiger partial charge in [0.15, 0.2) is 22.1 Å². The number of hydrogen-bond acceptors (Lipinski definition) is 11. The molecule has 1 fully saturated rings. The molecular formula is C26H35ClN5O7PS. The molecule has 3 N–H and O–H groups in total. The number of ether oxygens (including phenoxy) is 1. The van der Waals surface area contributed by atoms with Gasteiger partial charge in [-0.2, -0.15) is 0 Å². The second kappa shape index (κ2) is 13.2. The third-order valence-corrected chi connectivity index (χ3v) is 10.1. The Kier molecular flexibility index (Phi) is 10.3. The molecule has 5 atom stereocenters. The number of imidazole rings is 1. The minimum Gasteiger partial charge on any atom is -0.387 e. The number of aliphatic hydroxyl groups excluding tert-OH is 1. The quantitative estimate of drug-likeness (QED) is 0.142. The van der Waals surface area contributed by atoms with E-state index in [1.807, 2.05) is 51.1 Å². The van der Waals surface area contributed by atoms with Crippen LogP contribution in [0.5, 0.6) is 0 Å². The molecule has 3 aromatic rings. The molecule has 1 aliphatic rings. The van der Waals surface area contributed by atoms with Crippen molar-refractivity contribution in [2.75, 3.05) is 19.0 Å². The second-order valence-corrected chi connectivity index (χ2v) is 13.8. The van der Waals surface area contributed by atoms with Gasteiger partial charge in [-0.1, -0.05) is 74.5 Å². The molecule has 1 aromatic carbocycles. The maximum atomic E-state index is 13.7. The predicted molar refractivity (Wildman–Crippen MR) is 155 cm³/mol. The normalized spacial score (nSPS) is 24.5. The van der Waals surface area contributed by atoms with Crippen LogP contribution in [0.3, 0.4) is 0 Å². The molecular weight excluding hydrogens is 593 g/mol. The number of thioether (sulfide) groups is 1. The van der Waals surface area contributed by atoms with Crippen LogP contribution in [0.1, 0.15) is 45.9 Å². The Morgan fingerprint density at radius 3 is 2.71 bits per heavy atom. The summed E-state index contributed by atoms with van der Waals surface area (Å²) in [5.74, 6) is 0.278. The maximum Gasteiger partial charge on any atom is 0.405 e. The fraction of sp³-hybridized carbons (Fsp3) is 0.538. The zero-order chi connectivity index (χ0) is 29.8. The van der Waals surface area contributed by atoms with Crippen LogP contribution >= 0.6 is 31.1 Å². The molecule has 41 heavy (non-hydrogen) atoms. The van der Waals surface area contributed by atoms with E-state index in [2.05, 4.69) is 20.0 Å². The lowest BCUT2D eigenvalue weighted by molar-refractivity contribution is -0.118. The molecule has 3 unspecified atom stereocenters. The number of fused-ring (bicyclic) bond motifs is 1. The fourth-order valence-electron chi connectivity index (χ4n) is 4.09. The lowest BCUT2D eigenvalue weighted by atomic mass is 9.92. The highest BCUT2D eigenvalue weighted by atomic mass is 35.5. The average Bonchev–Trinajstić information content (AvgIpc) is 3.48. The number of aliphatic hydroxyl groups is 2. The first kappa shape index (κ1) is 32.0. The first-order chi connectivity index (χ1) is 19.4. The van der Waals surface area contributed by atoms with Gasteiger partial charge in [-0.3, -0.25) is 18.4 Å². The summed E-state index contributed by atoms with van der Waals surface area (Å²) in [4.78, 5) is 24.7. The van der Waals surface area contributed by atoms with Crippen molar-refractivity contribution in [3.8, 4) is 0 Å². The van der Waals surface area contributed by atoms with Gasteiger partial charge in [0, 0.05) is 17.7 Å². The molecule has 0 bridgehead atoms. The molecule has 12 nitrogen and oxygen atoms in total. The minimum absolute atomic E-state index is 0.0194. The molecule has 4 rings (SSSR count). The van der Waals surface area contributed by atoms with Crippen molar-refractivity contribution in [2.45, 2.75) is 64.7 Å². The van der Waals surface area contributed by atoms with Gasteiger partial charge in [0.2, 0.25) is 0 Å². The van der Waals surface area contributed by atoms with Crippen molar-refractivity contribution in [1.29, 1.82) is 0 Å². The van der Waals surface area contributed by atoms with E-state index in [-0.39, 0.29) is 35.8 Å². The molecule has 3 heterocycles.